The Morgan fingerprint density at radius 3 is 2.58 bits per heavy atom. The first kappa shape index (κ1) is 22.2. The molecule has 0 radical (unpaired) electrons. The van der Waals surface area contributed by atoms with Crippen molar-refractivity contribution >= 4 is 16.8 Å². The molecule has 2 aromatic carbocycles. The molecule has 1 saturated heterocycles. The summed E-state index contributed by atoms with van der Waals surface area (Å²) in [6, 6.07) is 16.9. The molecular formula is C28H36N4O. The Balaban J connectivity index is 1.28. The molecule has 1 fully saturated rings. The van der Waals surface area contributed by atoms with Gasteiger partial charge in [0, 0.05) is 48.3 Å². The van der Waals surface area contributed by atoms with E-state index in [1.807, 2.05) is 6.07 Å². The van der Waals surface area contributed by atoms with Crippen LogP contribution in [0.2, 0.25) is 0 Å². The topological polar surface area (TPSA) is 49.3 Å². The van der Waals surface area contributed by atoms with Crippen LogP contribution in [0.4, 0.5) is 0 Å². The molecule has 2 heterocycles. The predicted molar refractivity (Wildman–Crippen MR) is 134 cm³/mol. The van der Waals surface area contributed by atoms with Crippen molar-refractivity contribution in [2.75, 3.05) is 19.6 Å². The third-order valence-corrected chi connectivity index (χ3v) is 7.16. The molecule has 174 valence electrons. The summed E-state index contributed by atoms with van der Waals surface area (Å²) in [5, 5.41) is 6.95. The summed E-state index contributed by atoms with van der Waals surface area (Å²) in [6.45, 7) is 4.85. The molecule has 2 N–H and O–H groups in total. The number of aryl methyl sites for hydroxylation is 2. The fraction of sp³-hybridized carbons (Fsp3) is 0.464. The Bertz CT molecular complexity index is 1080. The first-order chi connectivity index (χ1) is 16.3. The maximum Gasteiger partial charge on any atom is 0.265 e. The van der Waals surface area contributed by atoms with E-state index in [0.717, 1.165) is 70.4 Å². The van der Waals surface area contributed by atoms with E-state index in [1.54, 1.807) is 0 Å². The van der Waals surface area contributed by atoms with Crippen LogP contribution in [0.15, 0.2) is 48.5 Å². The Morgan fingerprint density at radius 1 is 0.909 bits per heavy atom. The number of aromatic nitrogens is 1. The van der Waals surface area contributed by atoms with Crippen LogP contribution in [0.3, 0.4) is 0 Å². The van der Waals surface area contributed by atoms with Crippen LogP contribution in [0, 0.1) is 0 Å². The van der Waals surface area contributed by atoms with Crippen LogP contribution in [0.5, 0.6) is 0 Å². The summed E-state index contributed by atoms with van der Waals surface area (Å²) in [7, 11) is 0. The van der Waals surface area contributed by atoms with Gasteiger partial charge in [0.1, 0.15) is 0 Å². The molecule has 1 aromatic heterocycles. The first-order valence-electron chi connectivity index (χ1n) is 12.7. The van der Waals surface area contributed by atoms with Crippen molar-refractivity contribution in [1.82, 2.24) is 20.3 Å². The fourth-order valence-corrected chi connectivity index (χ4v) is 5.44. The second kappa shape index (κ2) is 10.5. The number of hydrazine groups is 1. The number of hydrogen-bond acceptors (Lipinski definition) is 3. The zero-order chi connectivity index (χ0) is 22.5. The lowest BCUT2D eigenvalue weighted by atomic mass is 9.95. The highest BCUT2D eigenvalue weighted by atomic mass is 16.2. The van der Waals surface area contributed by atoms with Crippen LogP contribution < -0.4 is 10.7 Å². The van der Waals surface area contributed by atoms with Gasteiger partial charge in [0.05, 0.1) is 0 Å². The average Bonchev–Trinajstić information content (AvgIpc) is 3.18. The number of fused-ring (bicyclic) bond motifs is 3. The number of nitrogens with one attached hydrogen (secondary N) is 2. The number of carbonyl (C=O) groups excluding carboxylic acids is 1. The van der Waals surface area contributed by atoms with Crippen molar-refractivity contribution in [3.63, 3.8) is 0 Å². The van der Waals surface area contributed by atoms with Gasteiger partial charge in [-0.05, 0) is 80.8 Å². The fourth-order valence-electron chi connectivity index (χ4n) is 5.44. The molecule has 2 aliphatic rings. The minimum atomic E-state index is 0.0289. The smallest absolute Gasteiger partial charge is 0.265 e. The van der Waals surface area contributed by atoms with Gasteiger partial charge < -0.3 is 9.88 Å². The Kier molecular flexibility index (Phi) is 7.08. The van der Waals surface area contributed by atoms with Crippen LogP contribution in [0.25, 0.3) is 10.9 Å². The Labute approximate surface area is 197 Å². The maximum absolute atomic E-state index is 12.9. The monoisotopic (exact) mass is 444 g/mol. The Hall–Kier alpha value is -2.63. The molecule has 0 saturated carbocycles. The number of rotatable bonds is 8. The minimum Gasteiger partial charge on any atom is -0.344 e. The standard InChI is InChI=1S/C28H36N4O/c33-28(30-31-17-7-2-8-18-31)23-14-15-27-25(20-23)24-12-5-6-13-26(24)32(27)19-9-16-29-21-22-10-3-1-4-11-22/h1,3-4,10-11,14-15,20,29H,2,5-9,12-13,16-19,21H2,(H,30,33). The molecule has 0 unspecified atom stereocenters. The summed E-state index contributed by atoms with van der Waals surface area (Å²) in [5.74, 6) is 0.0289. The first-order valence-corrected chi connectivity index (χ1v) is 12.7. The normalized spacial score (nSPS) is 16.6. The highest BCUT2D eigenvalue weighted by Crippen LogP contribution is 2.33. The molecule has 33 heavy (non-hydrogen) atoms. The van der Waals surface area contributed by atoms with Crippen molar-refractivity contribution in [2.45, 2.75) is 64.5 Å². The highest BCUT2D eigenvalue weighted by Gasteiger charge is 2.21. The van der Waals surface area contributed by atoms with Crippen LogP contribution in [-0.2, 0) is 25.9 Å². The van der Waals surface area contributed by atoms with E-state index < -0.39 is 0 Å². The van der Waals surface area contributed by atoms with E-state index in [-0.39, 0.29) is 5.91 Å². The van der Waals surface area contributed by atoms with Gasteiger partial charge in [0.25, 0.3) is 5.91 Å². The number of hydrogen-bond donors (Lipinski definition) is 2. The lowest BCUT2D eigenvalue weighted by molar-refractivity contribution is 0.0750. The van der Waals surface area contributed by atoms with Gasteiger partial charge in [-0.25, -0.2) is 5.01 Å². The van der Waals surface area contributed by atoms with E-state index in [0.29, 0.717) is 0 Å². The molecule has 5 rings (SSSR count). The third-order valence-electron chi connectivity index (χ3n) is 7.16. The van der Waals surface area contributed by atoms with Gasteiger partial charge in [-0.15, -0.1) is 0 Å². The summed E-state index contributed by atoms with van der Waals surface area (Å²) >= 11 is 0. The molecule has 3 aromatic rings. The quantitative estimate of drug-likeness (QED) is 0.489. The van der Waals surface area contributed by atoms with Gasteiger partial charge in [-0.1, -0.05) is 36.8 Å². The van der Waals surface area contributed by atoms with Gasteiger partial charge in [-0.2, -0.15) is 0 Å². The summed E-state index contributed by atoms with van der Waals surface area (Å²) in [5.41, 5.74) is 9.50. The van der Waals surface area contributed by atoms with Crippen LogP contribution in [-0.4, -0.2) is 35.1 Å². The minimum absolute atomic E-state index is 0.0289. The lowest BCUT2D eigenvalue weighted by Crippen LogP contribution is -2.45. The van der Waals surface area contributed by atoms with E-state index in [9.17, 15) is 4.79 Å². The zero-order valence-corrected chi connectivity index (χ0v) is 19.6. The van der Waals surface area contributed by atoms with Gasteiger partial charge >= 0.3 is 0 Å². The number of nitrogens with zero attached hydrogens (tertiary/aromatic N) is 2. The van der Waals surface area contributed by atoms with Crippen molar-refractivity contribution in [3.8, 4) is 0 Å². The van der Waals surface area contributed by atoms with Gasteiger partial charge in [0.15, 0.2) is 0 Å². The molecule has 1 aliphatic carbocycles. The maximum atomic E-state index is 12.9. The van der Waals surface area contributed by atoms with Crippen molar-refractivity contribution in [2.24, 2.45) is 0 Å². The molecule has 5 nitrogen and oxygen atoms in total. The van der Waals surface area contributed by atoms with Crippen molar-refractivity contribution in [3.05, 3.63) is 70.9 Å². The van der Waals surface area contributed by atoms with Crippen molar-refractivity contribution < 1.29 is 4.79 Å². The number of amides is 1. The molecule has 0 bridgehead atoms. The summed E-state index contributed by atoms with van der Waals surface area (Å²) in [4.78, 5) is 12.9. The van der Waals surface area contributed by atoms with Gasteiger partial charge in [0.2, 0.25) is 0 Å². The van der Waals surface area contributed by atoms with Crippen LogP contribution >= 0.6 is 0 Å². The number of carbonyl (C=O) groups is 1. The van der Waals surface area contributed by atoms with E-state index >= 15 is 0 Å². The van der Waals surface area contributed by atoms with Crippen LogP contribution in [0.1, 0.15) is 65.7 Å². The summed E-state index contributed by atoms with van der Waals surface area (Å²) in [6.07, 6.45) is 9.47. The third kappa shape index (κ3) is 5.15. The number of benzene rings is 2. The largest absolute Gasteiger partial charge is 0.344 e. The van der Waals surface area contributed by atoms with Crippen molar-refractivity contribution in [1.29, 1.82) is 0 Å². The SMILES string of the molecule is O=C(NN1CCCCC1)c1ccc2c(c1)c1c(n2CCCNCc2ccccc2)CCCC1. The molecule has 1 aliphatic heterocycles. The molecule has 0 atom stereocenters. The average molecular weight is 445 g/mol. The molecule has 0 spiro atoms. The highest BCUT2D eigenvalue weighted by molar-refractivity contribution is 5.99. The lowest BCUT2D eigenvalue weighted by Gasteiger charge is -2.26. The van der Waals surface area contributed by atoms with E-state index in [2.05, 4.69) is 62.8 Å². The molecule has 1 amide bonds. The molecule has 5 heteroatoms. The Morgan fingerprint density at radius 2 is 1.73 bits per heavy atom. The predicted octanol–water partition coefficient (Wildman–Crippen LogP) is 4.83. The van der Waals surface area contributed by atoms with Gasteiger partial charge in [-0.3, -0.25) is 10.2 Å². The zero-order valence-electron chi connectivity index (χ0n) is 19.6. The summed E-state index contributed by atoms with van der Waals surface area (Å²) < 4.78 is 2.53. The van der Waals surface area contributed by atoms with E-state index in [4.69, 9.17) is 0 Å². The van der Waals surface area contributed by atoms with E-state index in [1.165, 1.54) is 47.0 Å². The number of piperidine rings is 1. The second-order valence-corrected chi connectivity index (χ2v) is 9.52. The molecular weight excluding hydrogens is 408 g/mol. The second-order valence-electron chi connectivity index (χ2n) is 9.52.